The van der Waals surface area contributed by atoms with Gasteiger partial charge in [0.1, 0.15) is 23.7 Å². The lowest BCUT2D eigenvalue weighted by Crippen LogP contribution is -2.47. The van der Waals surface area contributed by atoms with E-state index in [4.69, 9.17) is 5.11 Å². The van der Waals surface area contributed by atoms with Crippen molar-refractivity contribution in [3.8, 4) is 0 Å². The van der Waals surface area contributed by atoms with Crippen molar-refractivity contribution in [2.75, 3.05) is 6.61 Å². The van der Waals surface area contributed by atoms with Gasteiger partial charge in [-0.1, -0.05) is 53.9 Å². The van der Waals surface area contributed by atoms with Gasteiger partial charge in [-0.05, 0) is 5.56 Å². The number of amides is 1. The summed E-state index contributed by atoms with van der Waals surface area (Å²) in [7, 11) is 0. The zero-order valence-corrected chi connectivity index (χ0v) is 16.4. The minimum atomic E-state index is -1.70. The second kappa shape index (κ2) is 10.4. The molecule has 27 heavy (non-hydrogen) atoms. The van der Waals surface area contributed by atoms with Crippen LogP contribution in [0.15, 0.2) is 35.4 Å². The summed E-state index contributed by atoms with van der Waals surface area (Å²) in [6.45, 7) is 0.612. The Kier molecular flexibility index (Phi) is 8.55. The number of hydrazone groups is 1. The van der Waals surface area contributed by atoms with Crippen molar-refractivity contribution in [2.24, 2.45) is 5.10 Å². The molecule has 0 saturated carbocycles. The van der Waals surface area contributed by atoms with Gasteiger partial charge in [0, 0.05) is 19.1 Å². The van der Waals surface area contributed by atoms with Gasteiger partial charge in [0.05, 0.1) is 12.7 Å². The van der Waals surface area contributed by atoms with Crippen LogP contribution >= 0.6 is 23.5 Å². The minimum Gasteiger partial charge on any atom is -0.394 e. The highest BCUT2D eigenvalue weighted by atomic mass is 32.2. The zero-order chi connectivity index (χ0) is 20.0. The second-order valence-corrected chi connectivity index (χ2v) is 8.50. The van der Waals surface area contributed by atoms with E-state index >= 15 is 0 Å². The molecule has 1 unspecified atom stereocenters. The molecule has 0 spiro atoms. The molecule has 150 valence electrons. The number of carbonyl (C=O) groups excluding carboxylic acids is 1. The van der Waals surface area contributed by atoms with Crippen LogP contribution in [-0.2, 0) is 10.5 Å². The van der Waals surface area contributed by atoms with E-state index in [0.29, 0.717) is 10.1 Å². The maximum atomic E-state index is 11.8. The molecule has 1 aromatic rings. The van der Waals surface area contributed by atoms with Gasteiger partial charge >= 0.3 is 0 Å². The van der Waals surface area contributed by atoms with Crippen molar-refractivity contribution in [1.82, 2.24) is 5.01 Å². The van der Waals surface area contributed by atoms with E-state index < -0.39 is 36.4 Å². The Bertz CT molecular complexity index is 648. The first-order valence-corrected chi connectivity index (χ1v) is 10.2. The Balaban J connectivity index is 1.95. The molecule has 1 heterocycles. The quantitative estimate of drug-likeness (QED) is 0.398. The fourth-order valence-corrected chi connectivity index (χ4v) is 4.82. The van der Waals surface area contributed by atoms with E-state index in [2.05, 4.69) is 5.10 Å². The van der Waals surface area contributed by atoms with Crippen molar-refractivity contribution in [3.05, 3.63) is 35.9 Å². The third-order valence-electron chi connectivity index (χ3n) is 4.00. The monoisotopic (exact) mass is 416 g/mol. The number of benzene rings is 1. The van der Waals surface area contributed by atoms with Gasteiger partial charge in [-0.25, -0.2) is 5.01 Å². The first kappa shape index (κ1) is 22.2. The average Bonchev–Trinajstić information content (AvgIpc) is 3.08. The van der Waals surface area contributed by atoms with Gasteiger partial charge in [0.25, 0.3) is 0 Å². The summed E-state index contributed by atoms with van der Waals surface area (Å²) in [5.41, 5.74) is 1.11. The summed E-state index contributed by atoms with van der Waals surface area (Å²) in [5, 5.41) is 53.1. The normalized spacial score (nSPS) is 21.5. The van der Waals surface area contributed by atoms with Crippen molar-refractivity contribution in [3.63, 3.8) is 0 Å². The predicted molar refractivity (Wildman–Crippen MR) is 105 cm³/mol. The molecule has 1 aliphatic heterocycles. The largest absolute Gasteiger partial charge is 0.394 e. The topological polar surface area (TPSA) is 134 Å². The van der Waals surface area contributed by atoms with Gasteiger partial charge in [-0.3, -0.25) is 4.79 Å². The van der Waals surface area contributed by atoms with E-state index in [0.717, 1.165) is 5.56 Å². The molecule has 1 aliphatic rings. The molecule has 0 fully saturated rings. The number of aliphatic hydroxyl groups excluding tert-OH is 5. The minimum absolute atomic E-state index is 0.0560. The Labute approximate surface area is 165 Å². The van der Waals surface area contributed by atoms with Crippen LogP contribution in [-0.4, -0.2) is 77.2 Å². The molecular weight excluding hydrogens is 392 g/mol. The van der Waals surface area contributed by atoms with Crippen molar-refractivity contribution in [2.45, 2.75) is 48.9 Å². The van der Waals surface area contributed by atoms with Crippen LogP contribution in [0.25, 0.3) is 0 Å². The Morgan fingerprint density at radius 2 is 1.81 bits per heavy atom. The molecule has 2 rings (SSSR count). The first-order valence-electron chi connectivity index (χ1n) is 8.38. The van der Waals surface area contributed by atoms with Crippen LogP contribution in [0.3, 0.4) is 0 Å². The van der Waals surface area contributed by atoms with Crippen LogP contribution in [0.1, 0.15) is 18.9 Å². The fourth-order valence-electron chi connectivity index (χ4n) is 2.45. The molecule has 0 aromatic heterocycles. The molecule has 0 radical (unpaired) electrons. The Morgan fingerprint density at radius 1 is 1.19 bits per heavy atom. The van der Waals surface area contributed by atoms with Crippen LogP contribution in [0.5, 0.6) is 0 Å². The molecule has 10 heteroatoms. The third kappa shape index (κ3) is 6.18. The van der Waals surface area contributed by atoms with Crippen LogP contribution in [0.2, 0.25) is 0 Å². The molecule has 5 atom stereocenters. The standard InChI is InChI=1S/C17H24N2O6S2/c1-10(21)19-14(7-12(22)15(24)16(25)13(23)8-20)27-17(18-19)26-9-11-5-3-2-4-6-11/h2-6,12-16,20,22-25H,7-9H2,1H3/t12-,13+,14?,15+,16+/m0/s1. The van der Waals surface area contributed by atoms with E-state index in [1.54, 1.807) is 0 Å². The number of thioether (sulfide) groups is 2. The maximum Gasteiger partial charge on any atom is 0.240 e. The maximum absolute atomic E-state index is 11.8. The lowest BCUT2D eigenvalue weighted by Gasteiger charge is -2.28. The van der Waals surface area contributed by atoms with Crippen molar-refractivity contribution in [1.29, 1.82) is 0 Å². The smallest absolute Gasteiger partial charge is 0.240 e. The summed E-state index contributed by atoms with van der Waals surface area (Å²) in [5.74, 6) is 0.373. The second-order valence-electron chi connectivity index (χ2n) is 6.11. The van der Waals surface area contributed by atoms with Gasteiger partial charge in [0.15, 0.2) is 4.38 Å². The lowest BCUT2D eigenvalue weighted by atomic mass is 10.0. The van der Waals surface area contributed by atoms with Crippen molar-refractivity contribution < 1.29 is 30.3 Å². The molecular formula is C17H24N2O6S2. The van der Waals surface area contributed by atoms with E-state index in [1.165, 1.54) is 35.5 Å². The molecule has 1 aromatic carbocycles. The molecule has 0 saturated heterocycles. The van der Waals surface area contributed by atoms with Gasteiger partial charge in [-0.2, -0.15) is 5.10 Å². The highest BCUT2D eigenvalue weighted by Crippen LogP contribution is 2.36. The summed E-state index contributed by atoms with van der Waals surface area (Å²) in [4.78, 5) is 11.8. The van der Waals surface area contributed by atoms with Crippen LogP contribution in [0, 0.1) is 0 Å². The van der Waals surface area contributed by atoms with Gasteiger partial charge < -0.3 is 25.5 Å². The third-order valence-corrected chi connectivity index (χ3v) is 6.39. The Morgan fingerprint density at radius 3 is 2.41 bits per heavy atom. The number of nitrogens with zero attached hydrogens (tertiary/aromatic N) is 2. The number of carbonyl (C=O) groups is 1. The van der Waals surface area contributed by atoms with Gasteiger partial charge in [-0.15, -0.1) is 0 Å². The first-order chi connectivity index (χ1) is 12.8. The van der Waals surface area contributed by atoms with Crippen LogP contribution in [0.4, 0.5) is 0 Å². The predicted octanol–water partition coefficient (Wildman–Crippen LogP) is -0.0618. The van der Waals surface area contributed by atoms with E-state index in [1.807, 2.05) is 30.3 Å². The van der Waals surface area contributed by atoms with E-state index in [9.17, 15) is 25.2 Å². The van der Waals surface area contributed by atoms with E-state index in [-0.39, 0.29) is 12.3 Å². The van der Waals surface area contributed by atoms with Gasteiger partial charge in [0.2, 0.25) is 5.91 Å². The SMILES string of the molecule is CC(=O)N1N=C(SCc2ccccc2)SC1C[C@H](O)[C@@H](O)[C@H](O)[C@H](O)CO. The molecule has 0 aliphatic carbocycles. The number of hydrogen-bond donors (Lipinski definition) is 5. The highest BCUT2D eigenvalue weighted by Gasteiger charge is 2.37. The molecule has 8 nitrogen and oxygen atoms in total. The summed E-state index contributed by atoms with van der Waals surface area (Å²) in [6, 6.07) is 9.78. The molecule has 5 N–H and O–H groups in total. The zero-order valence-electron chi connectivity index (χ0n) is 14.8. The highest BCUT2D eigenvalue weighted by molar-refractivity contribution is 8.39. The number of rotatable bonds is 8. The average molecular weight is 417 g/mol. The summed E-state index contributed by atoms with van der Waals surface area (Å²) >= 11 is 2.76. The van der Waals surface area contributed by atoms with Crippen molar-refractivity contribution >= 4 is 33.8 Å². The number of aliphatic hydroxyl groups is 5. The fraction of sp³-hybridized carbons (Fsp3) is 0.529. The summed E-state index contributed by atoms with van der Waals surface area (Å²) < 4.78 is 0.664. The number of hydrogen-bond acceptors (Lipinski definition) is 9. The summed E-state index contributed by atoms with van der Waals surface area (Å²) in [6.07, 6.45) is -6.39. The Hall–Kier alpha value is -1.14. The molecule has 1 amide bonds. The lowest BCUT2D eigenvalue weighted by molar-refractivity contribution is -0.132. The van der Waals surface area contributed by atoms with Crippen LogP contribution < -0.4 is 0 Å². The molecule has 0 bridgehead atoms.